The first-order chi connectivity index (χ1) is 16.9. The SMILES string of the molecule is CC1=Cc2c(-c3ccccc3)cccc2[CH]1[Ti+2][CH]1C(P(CC(C)C)CC(C)C)=Cc2ccccc21.[Cl-].[Cl-]. The molecule has 0 aliphatic heterocycles. The first-order valence-corrected chi connectivity index (χ1v) is 16.6. The fourth-order valence-corrected chi connectivity index (χ4v) is 12.9. The van der Waals surface area contributed by atoms with Gasteiger partial charge in [0.2, 0.25) is 0 Å². The number of hydrogen-bond acceptors (Lipinski definition) is 0. The molecule has 2 unspecified atom stereocenters. The zero-order valence-electron chi connectivity index (χ0n) is 22.5. The van der Waals surface area contributed by atoms with Gasteiger partial charge in [-0.2, -0.15) is 0 Å². The molecule has 2 atom stereocenters. The van der Waals surface area contributed by atoms with E-state index in [-0.39, 0.29) is 51.9 Å². The van der Waals surface area contributed by atoms with E-state index in [9.17, 15) is 0 Å². The van der Waals surface area contributed by atoms with E-state index >= 15 is 0 Å². The summed E-state index contributed by atoms with van der Waals surface area (Å²) < 4.78 is 1.28. The van der Waals surface area contributed by atoms with E-state index in [1.54, 1.807) is 16.7 Å². The minimum atomic E-state index is -0.309. The number of hydrogen-bond donors (Lipinski definition) is 0. The fourth-order valence-electron chi connectivity index (χ4n) is 5.73. The molecule has 0 saturated carbocycles. The molecule has 3 aromatic rings. The van der Waals surface area contributed by atoms with Gasteiger partial charge in [0.1, 0.15) is 0 Å². The Balaban J connectivity index is 0.00000190. The second kappa shape index (κ2) is 13.3. The Morgan fingerprint density at radius 1 is 0.703 bits per heavy atom. The summed E-state index contributed by atoms with van der Waals surface area (Å²) in [4.78, 5) is 0. The van der Waals surface area contributed by atoms with E-state index in [4.69, 9.17) is 0 Å². The second-order valence-corrected chi connectivity index (χ2v) is 15.6. The van der Waals surface area contributed by atoms with Crippen LogP contribution in [0.3, 0.4) is 0 Å². The van der Waals surface area contributed by atoms with Gasteiger partial charge in [0.05, 0.1) is 0 Å². The summed E-state index contributed by atoms with van der Waals surface area (Å²) in [6.45, 7) is 12.0. The maximum absolute atomic E-state index is 2.62. The summed E-state index contributed by atoms with van der Waals surface area (Å²) in [5.74, 6) is 1.51. The van der Waals surface area contributed by atoms with Crippen molar-refractivity contribution in [2.75, 3.05) is 12.3 Å². The molecule has 0 fully saturated rings. The molecule has 0 amide bonds. The van der Waals surface area contributed by atoms with Crippen LogP contribution in [-0.4, -0.2) is 12.3 Å². The van der Waals surface area contributed by atoms with Gasteiger partial charge in [-0.25, -0.2) is 0 Å². The fraction of sp³-hybridized carbons (Fsp3) is 0.333. The molecule has 37 heavy (non-hydrogen) atoms. The standard InChI is InChI=1S/C17H24P.C16H13.2ClH.Ti/c1-13(2)11-18(12-14(3)4)17-9-15-7-5-6-8-16(15)10-17;1-12-10-14-8-5-9-15(16(14)11-12)13-6-3-2-4-7-13;;;/h5-10,13-14H,11-12H2,1-4H3;2-11H,1H3;2*1H;/q;;;;+2/p-2. The number of benzene rings is 3. The summed E-state index contributed by atoms with van der Waals surface area (Å²) in [6, 6.07) is 27.2. The van der Waals surface area contributed by atoms with Gasteiger partial charge < -0.3 is 24.8 Å². The van der Waals surface area contributed by atoms with E-state index in [1.807, 2.05) is 5.31 Å². The van der Waals surface area contributed by atoms with Crippen LogP contribution in [0, 0.1) is 11.8 Å². The van der Waals surface area contributed by atoms with Crippen LogP contribution < -0.4 is 24.8 Å². The van der Waals surface area contributed by atoms with Crippen LogP contribution in [0.1, 0.15) is 65.3 Å². The smallest absolute Gasteiger partial charge is 1.00 e. The maximum atomic E-state index is 2.62. The van der Waals surface area contributed by atoms with Crippen molar-refractivity contribution in [1.82, 2.24) is 0 Å². The van der Waals surface area contributed by atoms with E-state index < -0.39 is 0 Å². The predicted octanol–water partition coefficient (Wildman–Crippen LogP) is 3.79. The van der Waals surface area contributed by atoms with E-state index in [0.717, 1.165) is 11.8 Å². The first kappa shape index (κ1) is 30.4. The molecular formula is C33H37Cl2PTi. The topological polar surface area (TPSA) is 0 Å². The monoisotopic (exact) mass is 582 g/mol. The van der Waals surface area contributed by atoms with Crippen molar-refractivity contribution in [2.45, 2.75) is 43.1 Å². The van der Waals surface area contributed by atoms with Crippen LogP contribution in [-0.2, 0) is 19.2 Å². The van der Waals surface area contributed by atoms with Crippen LogP contribution >= 0.6 is 7.92 Å². The van der Waals surface area contributed by atoms with Gasteiger partial charge in [-0.15, -0.1) is 0 Å². The molecule has 0 aromatic heterocycles. The molecule has 0 radical (unpaired) electrons. The molecule has 0 saturated heterocycles. The summed E-state index contributed by atoms with van der Waals surface area (Å²) in [6.07, 6.45) is 7.85. The predicted molar refractivity (Wildman–Crippen MR) is 152 cm³/mol. The normalized spacial score (nSPS) is 17.5. The molecule has 3 aromatic carbocycles. The van der Waals surface area contributed by atoms with Gasteiger partial charge in [-0.05, 0) is 0 Å². The summed E-state index contributed by atoms with van der Waals surface area (Å²) in [7, 11) is -0.0976. The van der Waals surface area contributed by atoms with Crippen molar-refractivity contribution in [3.63, 3.8) is 0 Å². The molecule has 0 N–H and O–H groups in total. The number of halogens is 2. The Labute approximate surface area is 246 Å². The molecular weight excluding hydrogens is 546 g/mol. The molecule has 2 aliphatic carbocycles. The maximum Gasteiger partial charge on any atom is -1.00 e. The molecule has 4 heteroatoms. The zero-order chi connectivity index (χ0) is 24.5. The largest absolute Gasteiger partial charge is 1.00 e. The Morgan fingerprint density at radius 2 is 1.32 bits per heavy atom. The summed E-state index contributed by atoms with van der Waals surface area (Å²) >= 11 is -0.309. The third-order valence-corrected chi connectivity index (χ3v) is 14.2. The Bertz CT molecular complexity index is 1250. The summed E-state index contributed by atoms with van der Waals surface area (Å²) in [5.41, 5.74) is 10.4. The molecule has 0 spiro atoms. The Hall–Kier alpha value is -1.14. The second-order valence-electron chi connectivity index (χ2n) is 11.0. The van der Waals surface area contributed by atoms with Gasteiger partial charge in [0.15, 0.2) is 0 Å². The van der Waals surface area contributed by atoms with Crippen molar-refractivity contribution in [3.8, 4) is 11.1 Å². The van der Waals surface area contributed by atoms with Gasteiger partial charge >= 0.3 is 224 Å². The Morgan fingerprint density at radius 3 is 2.00 bits per heavy atom. The molecule has 192 valence electrons. The third-order valence-electron chi connectivity index (χ3n) is 7.14. The van der Waals surface area contributed by atoms with Gasteiger partial charge in [0, 0.05) is 0 Å². The van der Waals surface area contributed by atoms with Gasteiger partial charge in [-0.3, -0.25) is 0 Å². The molecule has 0 bridgehead atoms. The van der Waals surface area contributed by atoms with Crippen molar-refractivity contribution in [1.29, 1.82) is 0 Å². The number of fused-ring (bicyclic) bond motifs is 2. The van der Waals surface area contributed by atoms with E-state index in [1.165, 1.54) is 34.6 Å². The van der Waals surface area contributed by atoms with Crippen LogP contribution in [0.15, 0.2) is 83.7 Å². The quantitative estimate of drug-likeness (QED) is 0.280. The van der Waals surface area contributed by atoms with Crippen molar-refractivity contribution < 1.29 is 44.0 Å². The third kappa shape index (κ3) is 6.54. The molecule has 2 aliphatic rings. The molecule has 0 nitrogen and oxygen atoms in total. The van der Waals surface area contributed by atoms with Crippen molar-refractivity contribution in [3.05, 3.63) is 106 Å². The van der Waals surface area contributed by atoms with Gasteiger partial charge in [-0.1, -0.05) is 0 Å². The van der Waals surface area contributed by atoms with Crippen molar-refractivity contribution >= 4 is 20.1 Å². The van der Waals surface area contributed by atoms with Crippen LogP contribution in [0.25, 0.3) is 23.3 Å². The average Bonchev–Trinajstić information content (AvgIpc) is 3.36. The number of allylic oxidation sites excluding steroid dienone is 2. The number of rotatable bonds is 8. The zero-order valence-corrected chi connectivity index (χ0v) is 26.5. The van der Waals surface area contributed by atoms with Crippen LogP contribution in [0.2, 0.25) is 0 Å². The molecule has 0 heterocycles. The summed E-state index contributed by atoms with van der Waals surface area (Å²) in [5, 5.41) is 1.81. The van der Waals surface area contributed by atoms with E-state index in [0.29, 0.717) is 8.45 Å². The van der Waals surface area contributed by atoms with Gasteiger partial charge in [0.25, 0.3) is 0 Å². The van der Waals surface area contributed by atoms with Crippen LogP contribution in [0.4, 0.5) is 0 Å². The first-order valence-electron chi connectivity index (χ1n) is 13.1. The van der Waals surface area contributed by atoms with Crippen molar-refractivity contribution in [2.24, 2.45) is 11.8 Å². The molecule has 5 rings (SSSR count). The Kier molecular flexibility index (Phi) is 10.9. The minimum absolute atomic E-state index is 0. The van der Waals surface area contributed by atoms with Crippen LogP contribution in [0.5, 0.6) is 0 Å². The van der Waals surface area contributed by atoms with E-state index in [2.05, 4.69) is 120 Å². The minimum Gasteiger partial charge on any atom is -1.00 e. The average molecular weight is 583 g/mol.